The summed E-state index contributed by atoms with van der Waals surface area (Å²) in [6.45, 7) is 8.75. The second-order valence-electron chi connectivity index (χ2n) is 9.34. The monoisotopic (exact) mass is 446 g/mol. The lowest BCUT2D eigenvalue weighted by Gasteiger charge is -2.14. The van der Waals surface area contributed by atoms with E-state index in [0.29, 0.717) is 5.92 Å². The van der Waals surface area contributed by atoms with E-state index >= 15 is 0 Å². The number of rotatable bonds is 4. The summed E-state index contributed by atoms with van der Waals surface area (Å²) in [6, 6.07) is 27.0. The Kier molecular flexibility index (Phi) is 5.91. The van der Waals surface area contributed by atoms with Gasteiger partial charge in [-0.2, -0.15) is 0 Å². The molecule has 1 aliphatic carbocycles. The largest absolute Gasteiger partial charge is 0.134 e. The number of hydrogen-bond acceptors (Lipinski definition) is 1. The molecular weight excluding hydrogens is 416 g/mol. The molecule has 0 aliphatic heterocycles. The molecule has 1 aliphatic rings. The maximum atomic E-state index is 2.42. The molecule has 0 saturated carbocycles. The molecule has 0 nitrogen and oxygen atoms in total. The third-order valence-corrected chi connectivity index (χ3v) is 7.77. The molecule has 3 aromatic carbocycles. The first-order valence-corrected chi connectivity index (χ1v) is 12.6. The van der Waals surface area contributed by atoms with Crippen molar-refractivity contribution in [2.45, 2.75) is 34.1 Å². The Morgan fingerprint density at radius 1 is 0.606 bits per heavy atom. The Morgan fingerprint density at radius 3 is 1.52 bits per heavy atom. The van der Waals surface area contributed by atoms with Crippen LogP contribution in [-0.4, -0.2) is 0 Å². The van der Waals surface area contributed by atoms with Gasteiger partial charge in [0, 0.05) is 20.9 Å². The number of aryl methyl sites for hydroxylation is 3. The maximum Gasteiger partial charge on any atom is 0.0434 e. The Balaban J connectivity index is 1.83. The van der Waals surface area contributed by atoms with Gasteiger partial charge in [-0.25, -0.2) is 0 Å². The second kappa shape index (κ2) is 9.00. The van der Waals surface area contributed by atoms with Gasteiger partial charge in [0.2, 0.25) is 0 Å². The van der Waals surface area contributed by atoms with Crippen molar-refractivity contribution in [1.82, 2.24) is 0 Å². The predicted molar refractivity (Wildman–Crippen MR) is 146 cm³/mol. The lowest BCUT2D eigenvalue weighted by atomic mass is 9.89. The van der Waals surface area contributed by atoms with Crippen molar-refractivity contribution in [3.05, 3.63) is 113 Å². The van der Waals surface area contributed by atoms with E-state index in [1.54, 1.807) is 0 Å². The maximum absolute atomic E-state index is 2.42. The fraction of sp³-hybridized carbons (Fsp3) is 0.188. The first kappa shape index (κ1) is 21.7. The van der Waals surface area contributed by atoms with E-state index in [1.807, 2.05) is 11.3 Å². The highest BCUT2D eigenvalue weighted by atomic mass is 32.1. The molecule has 4 aromatic rings. The molecule has 1 atom stereocenters. The van der Waals surface area contributed by atoms with Gasteiger partial charge in [0.05, 0.1) is 0 Å². The summed E-state index contributed by atoms with van der Waals surface area (Å²) >= 11 is 1.93. The number of thiophene rings is 1. The normalized spacial score (nSPS) is 15.5. The molecule has 0 N–H and O–H groups in total. The number of hydrogen-bond donors (Lipinski definition) is 0. The van der Waals surface area contributed by atoms with Crippen LogP contribution < -0.4 is 0 Å². The van der Waals surface area contributed by atoms with Crippen LogP contribution in [0.4, 0.5) is 0 Å². The van der Waals surface area contributed by atoms with Gasteiger partial charge < -0.3 is 0 Å². The SMILES string of the molecule is Cc1ccc(-c2sc(C3=CCC(C)C=C3)c(-c3ccc(C)cc3)c2-c2ccc(C)cc2)cc1. The van der Waals surface area contributed by atoms with Crippen LogP contribution >= 0.6 is 11.3 Å². The van der Waals surface area contributed by atoms with E-state index in [-0.39, 0.29) is 0 Å². The quantitative estimate of drug-likeness (QED) is 0.293. The lowest BCUT2D eigenvalue weighted by Crippen LogP contribution is -1.94. The van der Waals surface area contributed by atoms with E-state index in [4.69, 9.17) is 0 Å². The second-order valence-corrected chi connectivity index (χ2v) is 10.4. The third-order valence-electron chi connectivity index (χ3n) is 6.48. The van der Waals surface area contributed by atoms with Crippen molar-refractivity contribution in [3.8, 4) is 32.7 Å². The molecule has 0 radical (unpaired) electrons. The van der Waals surface area contributed by atoms with Crippen molar-refractivity contribution < 1.29 is 0 Å². The zero-order valence-electron chi connectivity index (χ0n) is 19.9. The molecule has 1 heteroatoms. The standard InChI is InChI=1S/C32H30S/c1-21-5-13-25(14-6-21)29-30(26-15-7-22(2)8-16-26)32(28-19-11-24(4)12-20-28)33-31(29)27-17-9-23(3)10-18-27/h5-11,13-20,24H,12H2,1-4H3. The van der Waals surface area contributed by atoms with Crippen LogP contribution in [0.5, 0.6) is 0 Å². The van der Waals surface area contributed by atoms with Gasteiger partial charge in [0.1, 0.15) is 0 Å². The Hall–Kier alpha value is -3.16. The summed E-state index contributed by atoms with van der Waals surface area (Å²) in [5, 5.41) is 0. The van der Waals surface area contributed by atoms with Gasteiger partial charge >= 0.3 is 0 Å². The predicted octanol–water partition coefficient (Wildman–Crippen LogP) is 9.65. The van der Waals surface area contributed by atoms with Crippen LogP contribution in [0.1, 0.15) is 34.9 Å². The molecular formula is C32H30S. The first-order valence-electron chi connectivity index (χ1n) is 11.8. The zero-order chi connectivity index (χ0) is 22.9. The molecule has 5 rings (SSSR count). The van der Waals surface area contributed by atoms with Gasteiger partial charge in [0.25, 0.3) is 0 Å². The highest BCUT2D eigenvalue weighted by Gasteiger charge is 2.24. The Labute approximate surface area is 202 Å². The molecule has 0 fully saturated rings. The van der Waals surface area contributed by atoms with Crippen LogP contribution in [0.3, 0.4) is 0 Å². The van der Waals surface area contributed by atoms with Crippen LogP contribution in [-0.2, 0) is 0 Å². The Bertz CT molecular complexity index is 1330. The number of allylic oxidation sites excluding steroid dienone is 4. The molecule has 0 spiro atoms. The molecule has 33 heavy (non-hydrogen) atoms. The molecule has 0 bridgehead atoms. The van der Waals surface area contributed by atoms with Gasteiger partial charge in [-0.1, -0.05) is 115 Å². The fourth-order valence-electron chi connectivity index (χ4n) is 4.43. The van der Waals surface area contributed by atoms with E-state index in [9.17, 15) is 0 Å². The van der Waals surface area contributed by atoms with Crippen molar-refractivity contribution in [2.24, 2.45) is 5.92 Å². The minimum absolute atomic E-state index is 0.602. The van der Waals surface area contributed by atoms with Crippen LogP contribution in [0.2, 0.25) is 0 Å². The van der Waals surface area contributed by atoms with Crippen molar-refractivity contribution in [2.75, 3.05) is 0 Å². The van der Waals surface area contributed by atoms with Crippen molar-refractivity contribution >= 4 is 16.9 Å². The van der Waals surface area contributed by atoms with Gasteiger partial charge in [-0.15, -0.1) is 11.3 Å². The highest BCUT2D eigenvalue weighted by molar-refractivity contribution is 7.18. The summed E-state index contributed by atoms with van der Waals surface area (Å²) in [4.78, 5) is 2.71. The summed E-state index contributed by atoms with van der Waals surface area (Å²) in [6.07, 6.45) is 8.20. The van der Waals surface area contributed by atoms with E-state index in [2.05, 4.69) is 119 Å². The summed E-state index contributed by atoms with van der Waals surface area (Å²) < 4.78 is 0. The highest BCUT2D eigenvalue weighted by Crippen LogP contribution is 2.51. The molecule has 164 valence electrons. The van der Waals surface area contributed by atoms with Gasteiger partial charge in [0.15, 0.2) is 0 Å². The summed E-state index contributed by atoms with van der Waals surface area (Å²) in [7, 11) is 0. The number of benzene rings is 3. The minimum atomic E-state index is 0.602. The molecule has 0 amide bonds. The topological polar surface area (TPSA) is 0 Å². The van der Waals surface area contributed by atoms with E-state index in [0.717, 1.165) is 6.42 Å². The minimum Gasteiger partial charge on any atom is -0.134 e. The average molecular weight is 447 g/mol. The van der Waals surface area contributed by atoms with E-state index in [1.165, 1.54) is 59.8 Å². The smallest absolute Gasteiger partial charge is 0.0434 e. The Morgan fingerprint density at radius 2 is 1.06 bits per heavy atom. The molecule has 1 heterocycles. The lowest BCUT2D eigenvalue weighted by molar-refractivity contribution is 0.739. The fourth-order valence-corrected chi connectivity index (χ4v) is 5.80. The van der Waals surface area contributed by atoms with Gasteiger partial charge in [-0.3, -0.25) is 0 Å². The third kappa shape index (κ3) is 4.38. The zero-order valence-corrected chi connectivity index (χ0v) is 20.7. The van der Waals surface area contributed by atoms with E-state index < -0.39 is 0 Å². The summed E-state index contributed by atoms with van der Waals surface area (Å²) in [5.41, 5.74) is 11.8. The van der Waals surface area contributed by atoms with Crippen LogP contribution in [0.15, 0.2) is 91.0 Å². The van der Waals surface area contributed by atoms with Crippen molar-refractivity contribution in [1.29, 1.82) is 0 Å². The summed E-state index contributed by atoms with van der Waals surface area (Å²) in [5.74, 6) is 0.602. The van der Waals surface area contributed by atoms with Crippen LogP contribution in [0, 0.1) is 26.7 Å². The van der Waals surface area contributed by atoms with Crippen molar-refractivity contribution in [3.63, 3.8) is 0 Å². The van der Waals surface area contributed by atoms with Crippen LogP contribution in [0.25, 0.3) is 38.3 Å². The molecule has 1 unspecified atom stereocenters. The average Bonchev–Trinajstić information content (AvgIpc) is 3.21. The molecule has 1 aromatic heterocycles. The first-order chi connectivity index (χ1) is 16.0. The van der Waals surface area contributed by atoms with Gasteiger partial charge in [-0.05, 0) is 55.4 Å². The molecule has 0 saturated heterocycles.